The largest absolute Gasteiger partial charge is 0.360 e. The van der Waals surface area contributed by atoms with Crippen LogP contribution in [0.3, 0.4) is 0 Å². The van der Waals surface area contributed by atoms with Crippen molar-refractivity contribution in [2.75, 3.05) is 5.32 Å². The van der Waals surface area contributed by atoms with Gasteiger partial charge in [-0.05, 0) is 48.5 Å². The Balaban J connectivity index is 1.36. The van der Waals surface area contributed by atoms with Crippen molar-refractivity contribution < 1.29 is 13.6 Å². The molecule has 0 saturated carbocycles. The monoisotopic (exact) mass is 417 g/mol. The van der Waals surface area contributed by atoms with Crippen LogP contribution in [0.4, 0.5) is 14.5 Å². The fourth-order valence-electron chi connectivity index (χ4n) is 3.67. The second kappa shape index (κ2) is 7.64. The SMILES string of the molecule is O=C(Cc1c[nH]c2cccnc12)Nc1ccc(-c2nc3ccccc3n2C(F)F)cc1. The number of hydrogen-bond donors (Lipinski definition) is 2. The number of hydrogen-bond acceptors (Lipinski definition) is 3. The quantitative estimate of drug-likeness (QED) is 0.415. The van der Waals surface area contributed by atoms with Crippen LogP contribution in [-0.4, -0.2) is 25.4 Å². The number of para-hydroxylation sites is 2. The van der Waals surface area contributed by atoms with Crippen LogP contribution in [0.5, 0.6) is 0 Å². The third-order valence-corrected chi connectivity index (χ3v) is 5.08. The number of aromatic nitrogens is 4. The summed E-state index contributed by atoms with van der Waals surface area (Å²) in [5, 5.41) is 2.83. The first kappa shape index (κ1) is 18.9. The van der Waals surface area contributed by atoms with Crippen LogP contribution in [0.1, 0.15) is 12.1 Å². The van der Waals surface area contributed by atoms with E-state index < -0.39 is 6.55 Å². The van der Waals surface area contributed by atoms with Crippen molar-refractivity contribution in [3.63, 3.8) is 0 Å². The molecule has 1 amide bonds. The lowest BCUT2D eigenvalue weighted by Gasteiger charge is -2.09. The number of pyridine rings is 1. The molecule has 6 nitrogen and oxygen atoms in total. The van der Waals surface area contributed by atoms with Crippen LogP contribution in [0.2, 0.25) is 0 Å². The van der Waals surface area contributed by atoms with Gasteiger partial charge in [0.25, 0.3) is 0 Å². The minimum absolute atomic E-state index is 0.167. The molecule has 5 aromatic rings. The third-order valence-electron chi connectivity index (χ3n) is 5.08. The number of imidazole rings is 1. The Hall–Kier alpha value is -4.07. The van der Waals surface area contributed by atoms with E-state index in [0.717, 1.165) is 21.2 Å². The molecule has 8 heteroatoms. The zero-order valence-electron chi connectivity index (χ0n) is 16.2. The molecule has 5 rings (SSSR count). The van der Waals surface area contributed by atoms with Gasteiger partial charge >= 0.3 is 6.55 Å². The Labute approximate surface area is 175 Å². The van der Waals surface area contributed by atoms with Gasteiger partial charge in [-0.1, -0.05) is 12.1 Å². The summed E-state index contributed by atoms with van der Waals surface area (Å²) in [7, 11) is 0. The smallest absolute Gasteiger partial charge is 0.320 e. The van der Waals surface area contributed by atoms with E-state index in [-0.39, 0.29) is 18.2 Å². The molecule has 0 bridgehead atoms. The topological polar surface area (TPSA) is 75.6 Å². The molecule has 0 fully saturated rings. The van der Waals surface area contributed by atoms with E-state index in [1.807, 2.05) is 12.1 Å². The minimum Gasteiger partial charge on any atom is -0.360 e. The maximum Gasteiger partial charge on any atom is 0.320 e. The third kappa shape index (κ3) is 3.52. The number of halogens is 2. The molecule has 2 N–H and O–H groups in total. The van der Waals surface area contributed by atoms with Crippen molar-refractivity contribution in [1.82, 2.24) is 19.5 Å². The Morgan fingerprint density at radius 3 is 2.68 bits per heavy atom. The molecular weight excluding hydrogens is 400 g/mol. The maximum absolute atomic E-state index is 13.7. The van der Waals surface area contributed by atoms with E-state index in [2.05, 4.69) is 20.3 Å². The molecule has 0 atom stereocenters. The number of amides is 1. The van der Waals surface area contributed by atoms with Gasteiger partial charge in [0, 0.05) is 29.2 Å². The standard InChI is InChI=1S/C23H17F2N5O/c24-23(25)30-19-6-2-1-4-17(19)29-22(30)14-7-9-16(10-8-14)28-20(31)12-15-13-27-18-5-3-11-26-21(15)18/h1-11,13,23,27H,12H2,(H,28,31). The van der Waals surface area contributed by atoms with Crippen molar-refractivity contribution in [2.24, 2.45) is 0 Å². The second-order valence-corrected chi connectivity index (χ2v) is 7.09. The van der Waals surface area contributed by atoms with E-state index in [1.165, 1.54) is 0 Å². The van der Waals surface area contributed by atoms with Gasteiger partial charge in [-0.25, -0.2) is 4.98 Å². The second-order valence-electron chi connectivity index (χ2n) is 7.09. The van der Waals surface area contributed by atoms with Crippen molar-refractivity contribution >= 4 is 33.7 Å². The van der Waals surface area contributed by atoms with E-state index in [4.69, 9.17) is 0 Å². The number of H-pyrrole nitrogens is 1. The van der Waals surface area contributed by atoms with Gasteiger partial charge in [0.2, 0.25) is 5.91 Å². The number of carbonyl (C=O) groups is 1. The average Bonchev–Trinajstić information content (AvgIpc) is 3.36. The Kier molecular flexibility index (Phi) is 4.66. The highest BCUT2D eigenvalue weighted by atomic mass is 19.3. The highest BCUT2D eigenvalue weighted by Crippen LogP contribution is 2.30. The summed E-state index contributed by atoms with van der Waals surface area (Å²) >= 11 is 0. The Morgan fingerprint density at radius 1 is 1.06 bits per heavy atom. The van der Waals surface area contributed by atoms with Crippen LogP contribution in [0.25, 0.3) is 33.5 Å². The lowest BCUT2D eigenvalue weighted by molar-refractivity contribution is -0.115. The fraction of sp³-hybridized carbons (Fsp3) is 0.0870. The molecule has 0 aliphatic rings. The highest BCUT2D eigenvalue weighted by Gasteiger charge is 2.19. The Morgan fingerprint density at radius 2 is 1.87 bits per heavy atom. The normalized spacial score (nSPS) is 11.5. The number of nitrogens with one attached hydrogen (secondary N) is 2. The summed E-state index contributed by atoms with van der Waals surface area (Å²) in [4.78, 5) is 24.2. The van der Waals surface area contributed by atoms with Crippen LogP contribution in [0, 0.1) is 0 Å². The van der Waals surface area contributed by atoms with Crippen molar-refractivity contribution in [3.05, 3.63) is 78.6 Å². The van der Waals surface area contributed by atoms with Gasteiger partial charge in [0.05, 0.1) is 28.5 Å². The first-order chi connectivity index (χ1) is 15.1. The highest BCUT2D eigenvalue weighted by molar-refractivity contribution is 5.95. The number of alkyl halides is 2. The van der Waals surface area contributed by atoms with Gasteiger partial charge in [0.15, 0.2) is 0 Å². The van der Waals surface area contributed by atoms with E-state index in [0.29, 0.717) is 22.3 Å². The molecule has 3 heterocycles. The molecule has 0 aliphatic carbocycles. The minimum atomic E-state index is -2.72. The lowest BCUT2D eigenvalue weighted by atomic mass is 10.1. The molecule has 0 spiro atoms. The van der Waals surface area contributed by atoms with Gasteiger partial charge in [0.1, 0.15) is 5.82 Å². The molecule has 0 aliphatic heterocycles. The van der Waals surface area contributed by atoms with Crippen LogP contribution in [0.15, 0.2) is 73.1 Å². The first-order valence-corrected chi connectivity index (χ1v) is 9.66. The number of benzene rings is 2. The summed E-state index contributed by atoms with van der Waals surface area (Å²) in [5.41, 5.74) is 4.42. The number of nitrogens with zero attached hydrogens (tertiary/aromatic N) is 3. The molecular formula is C23H17F2N5O. The van der Waals surface area contributed by atoms with E-state index >= 15 is 0 Å². The molecule has 0 saturated heterocycles. The predicted octanol–water partition coefficient (Wildman–Crippen LogP) is 5.16. The van der Waals surface area contributed by atoms with Crippen molar-refractivity contribution in [2.45, 2.75) is 13.0 Å². The first-order valence-electron chi connectivity index (χ1n) is 9.66. The summed E-state index contributed by atoms with van der Waals surface area (Å²) in [6.45, 7) is -2.72. The van der Waals surface area contributed by atoms with Crippen molar-refractivity contribution in [3.8, 4) is 11.4 Å². The Bertz CT molecular complexity index is 1390. The number of anilines is 1. The summed E-state index contributed by atoms with van der Waals surface area (Å²) < 4.78 is 28.3. The molecule has 154 valence electrons. The molecule has 0 unspecified atom stereocenters. The van der Waals surface area contributed by atoms with E-state index in [1.54, 1.807) is 60.9 Å². The number of aromatic amines is 1. The molecule has 0 radical (unpaired) electrons. The molecule has 31 heavy (non-hydrogen) atoms. The summed E-state index contributed by atoms with van der Waals surface area (Å²) in [6, 6.07) is 17.2. The van der Waals surface area contributed by atoms with Crippen LogP contribution < -0.4 is 5.32 Å². The van der Waals surface area contributed by atoms with Gasteiger partial charge in [-0.15, -0.1) is 0 Å². The number of fused-ring (bicyclic) bond motifs is 2. The van der Waals surface area contributed by atoms with Gasteiger partial charge < -0.3 is 10.3 Å². The molecule has 2 aromatic carbocycles. The zero-order valence-corrected chi connectivity index (χ0v) is 16.2. The summed E-state index contributed by atoms with van der Waals surface area (Å²) in [6.07, 6.45) is 3.62. The number of rotatable bonds is 5. The summed E-state index contributed by atoms with van der Waals surface area (Å²) in [5.74, 6) is -0.0157. The van der Waals surface area contributed by atoms with Gasteiger partial charge in [-0.3, -0.25) is 14.3 Å². The maximum atomic E-state index is 13.7. The van der Waals surface area contributed by atoms with Gasteiger partial charge in [-0.2, -0.15) is 8.78 Å². The zero-order chi connectivity index (χ0) is 21.4. The van der Waals surface area contributed by atoms with Crippen molar-refractivity contribution in [1.29, 1.82) is 0 Å². The average molecular weight is 417 g/mol. The van der Waals surface area contributed by atoms with E-state index in [9.17, 15) is 13.6 Å². The molecule has 3 aromatic heterocycles. The predicted molar refractivity (Wildman–Crippen MR) is 115 cm³/mol. The van der Waals surface area contributed by atoms with Crippen LogP contribution >= 0.6 is 0 Å². The lowest BCUT2D eigenvalue weighted by Crippen LogP contribution is -2.14. The number of carbonyl (C=O) groups excluding carboxylic acids is 1. The fourth-order valence-corrected chi connectivity index (χ4v) is 3.67. The van der Waals surface area contributed by atoms with Crippen LogP contribution in [-0.2, 0) is 11.2 Å².